The molecule has 6 aliphatic heterocycles. The molecule has 4 bridgehead atoms. The third-order valence-corrected chi connectivity index (χ3v) is 18.4. The largest absolute Gasteiger partial charge is 0.482 e. The molecule has 0 aliphatic carbocycles. The second kappa shape index (κ2) is 31.0. The number of pyridine rings is 2. The molecule has 23 nitrogen and oxygen atoms in total. The molecule has 4 amide bonds. The maximum absolute atomic E-state index is 14.3. The van der Waals surface area contributed by atoms with Gasteiger partial charge >= 0.3 is 11.9 Å². The van der Waals surface area contributed by atoms with Crippen LogP contribution in [0.25, 0.3) is 0 Å². The third-order valence-electron chi connectivity index (χ3n) is 18.4. The molecule has 2 N–H and O–H groups in total. The molecule has 2 saturated heterocycles. The number of nitrogens with one attached hydrogen (secondary N) is 2. The number of nitrogens with zero attached hydrogens (tertiary/aromatic N) is 6. The molecular formula is C67H86F4N8O15. The number of methoxy groups -OCH3 is 1. The van der Waals surface area contributed by atoms with E-state index in [1.165, 1.54) is 36.2 Å². The van der Waals surface area contributed by atoms with Gasteiger partial charge in [-0.05, 0) is 71.4 Å². The summed E-state index contributed by atoms with van der Waals surface area (Å²) in [6.45, 7) is 8.36. The Labute approximate surface area is 544 Å². The summed E-state index contributed by atoms with van der Waals surface area (Å²) in [7, 11) is 1.48. The first-order valence-corrected chi connectivity index (χ1v) is 32.3. The van der Waals surface area contributed by atoms with Crippen LogP contribution < -0.4 is 31.0 Å². The molecule has 8 heterocycles. The van der Waals surface area contributed by atoms with E-state index in [-0.39, 0.29) is 88.5 Å². The van der Waals surface area contributed by atoms with E-state index in [0.717, 1.165) is 75.6 Å². The van der Waals surface area contributed by atoms with Gasteiger partial charge in [-0.15, -0.1) is 0 Å². The monoisotopic (exact) mass is 1320 g/mol. The molecule has 2 aromatic carbocycles. The van der Waals surface area contributed by atoms with Gasteiger partial charge in [-0.25, -0.2) is 17.6 Å². The van der Waals surface area contributed by atoms with Crippen LogP contribution in [-0.4, -0.2) is 123 Å². The molecule has 2 spiro atoms. The number of carbonyl (C=O) groups is 6. The molecule has 0 unspecified atom stereocenters. The van der Waals surface area contributed by atoms with Crippen molar-refractivity contribution in [3.8, 4) is 11.5 Å². The highest BCUT2D eigenvalue weighted by Gasteiger charge is 2.56. The van der Waals surface area contributed by atoms with E-state index in [0.29, 0.717) is 63.0 Å². The number of ether oxygens (including phenoxy) is 5. The Hall–Kier alpha value is -8.78. The lowest BCUT2D eigenvalue weighted by molar-refractivity contribution is -0.151. The van der Waals surface area contributed by atoms with E-state index in [1.807, 2.05) is 20.8 Å². The zero-order valence-corrected chi connectivity index (χ0v) is 53.9. The Kier molecular flexibility index (Phi) is 22.9. The number of esters is 2. The molecule has 512 valence electrons. The van der Waals surface area contributed by atoms with Crippen LogP contribution in [0.5, 0.6) is 11.5 Å². The lowest BCUT2D eigenvalue weighted by Crippen LogP contribution is -2.52. The number of halogens is 4. The van der Waals surface area contributed by atoms with Crippen molar-refractivity contribution in [2.24, 2.45) is 10.3 Å². The minimum absolute atomic E-state index is 0. The predicted octanol–water partition coefficient (Wildman–Crippen LogP) is 10.5. The molecule has 27 heteroatoms. The number of rotatable bonds is 25. The molecule has 2 aromatic heterocycles. The van der Waals surface area contributed by atoms with E-state index >= 15 is 0 Å². The molecule has 6 aliphatic rings. The number of unbranched alkanes of at least 4 members (excludes halogenated alkanes) is 9. The number of hydrogen-bond acceptors (Lipinski definition) is 17. The molecule has 10 rings (SSSR count). The number of aromatic nitrogens is 2. The Morgan fingerprint density at radius 3 is 1.45 bits per heavy atom. The Balaban J connectivity index is 0.000000266. The van der Waals surface area contributed by atoms with Crippen LogP contribution in [0, 0.1) is 23.3 Å². The SMILES string of the molecule is CCCCCCCC(=O)OCOc1c2n(cc(C(=O)NCc3ccc(F)cc3F)c1=O)[C@@H]1CN(C2=O)[C@@H](C)CC[C@]12CC(C)=NO2.CCCCCCCCC(=O)OCOc1c2n(cc(C(=O)NCc3ccc(F)cc3F)c1=O)[C@@H]1CN(C2=O)[C@@H](C)CC[C@]12CC(OC)=NO2.[HH].[HH]. The molecule has 94 heavy (non-hydrogen) atoms. The fourth-order valence-corrected chi connectivity index (χ4v) is 13.0. The summed E-state index contributed by atoms with van der Waals surface area (Å²) in [6, 6.07) is 4.32. The van der Waals surface area contributed by atoms with Gasteiger partial charge in [-0.3, -0.25) is 38.4 Å². The first kappa shape index (κ1) is 69.6. The fraction of sp³-hybridized carbons (Fsp3) is 0.552. The minimum Gasteiger partial charge on any atom is -0.482 e. The van der Waals surface area contributed by atoms with Crippen molar-refractivity contribution >= 4 is 47.2 Å². The average molecular weight is 1320 g/mol. The van der Waals surface area contributed by atoms with Crippen molar-refractivity contribution in [2.45, 2.75) is 205 Å². The maximum atomic E-state index is 14.3. The second-order valence-electron chi connectivity index (χ2n) is 24.9. The van der Waals surface area contributed by atoms with Crippen LogP contribution >= 0.6 is 0 Å². The number of amides is 4. The zero-order valence-electron chi connectivity index (χ0n) is 53.9. The van der Waals surface area contributed by atoms with Crippen molar-refractivity contribution in [3.63, 3.8) is 0 Å². The average Bonchev–Trinajstić information content (AvgIpc) is 1.21. The lowest BCUT2D eigenvalue weighted by atomic mass is 9.84. The number of oxime groups is 2. The maximum Gasteiger partial charge on any atom is 0.308 e. The summed E-state index contributed by atoms with van der Waals surface area (Å²) in [5.41, 5.74) is -3.79. The van der Waals surface area contributed by atoms with Crippen LogP contribution in [0.4, 0.5) is 17.6 Å². The lowest BCUT2D eigenvalue weighted by Gasteiger charge is -2.42. The number of benzene rings is 2. The van der Waals surface area contributed by atoms with Crippen LogP contribution in [0.1, 0.15) is 224 Å². The van der Waals surface area contributed by atoms with Crippen molar-refractivity contribution in [2.75, 3.05) is 33.8 Å². The summed E-state index contributed by atoms with van der Waals surface area (Å²) < 4.78 is 85.9. The number of fused-ring (bicyclic) bond motifs is 10. The van der Waals surface area contributed by atoms with Gasteiger partial charge in [-0.2, -0.15) is 0 Å². The van der Waals surface area contributed by atoms with E-state index in [1.54, 1.807) is 14.4 Å². The van der Waals surface area contributed by atoms with Gasteiger partial charge in [0, 0.05) is 96.0 Å². The van der Waals surface area contributed by atoms with Crippen LogP contribution in [0.15, 0.2) is 68.7 Å². The Morgan fingerprint density at radius 2 is 1.04 bits per heavy atom. The molecule has 6 atom stereocenters. The smallest absolute Gasteiger partial charge is 0.308 e. The molecule has 0 radical (unpaired) electrons. The third kappa shape index (κ3) is 15.5. The summed E-state index contributed by atoms with van der Waals surface area (Å²) in [6.07, 6.45) is 16.5. The van der Waals surface area contributed by atoms with E-state index < -0.39 is 124 Å². The second-order valence-corrected chi connectivity index (χ2v) is 24.9. The van der Waals surface area contributed by atoms with Crippen molar-refractivity contribution in [3.05, 3.63) is 126 Å². The van der Waals surface area contributed by atoms with Crippen molar-refractivity contribution in [1.29, 1.82) is 0 Å². The van der Waals surface area contributed by atoms with Gasteiger partial charge in [0.05, 0.1) is 31.3 Å². The van der Waals surface area contributed by atoms with Gasteiger partial charge < -0.3 is 62.9 Å². The van der Waals surface area contributed by atoms with E-state index in [4.69, 9.17) is 33.4 Å². The van der Waals surface area contributed by atoms with Crippen LogP contribution in [-0.2, 0) is 46.6 Å². The highest BCUT2D eigenvalue weighted by Crippen LogP contribution is 2.48. The zero-order chi connectivity index (χ0) is 67.4. The predicted molar refractivity (Wildman–Crippen MR) is 337 cm³/mol. The van der Waals surface area contributed by atoms with Gasteiger partial charge in [0.15, 0.2) is 22.6 Å². The Bertz CT molecular complexity index is 3710. The number of carbonyl (C=O) groups excluding carboxylic acids is 6. The van der Waals surface area contributed by atoms with Crippen molar-refractivity contribution < 1.29 is 82.5 Å². The van der Waals surface area contributed by atoms with Gasteiger partial charge in [0.1, 0.15) is 34.4 Å². The highest BCUT2D eigenvalue weighted by atomic mass is 19.1. The van der Waals surface area contributed by atoms with E-state index in [2.05, 4.69) is 34.8 Å². The number of hydrogen-bond donors (Lipinski definition) is 2. The van der Waals surface area contributed by atoms with Gasteiger partial charge in [-0.1, -0.05) is 94.1 Å². The Morgan fingerprint density at radius 1 is 0.617 bits per heavy atom. The minimum atomic E-state index is -0.968. The molecule has 4 aromatic rings. The summed E-state index contributed by atoms with van der Waals surface area (Å²) in [5, 5.41) is 13.3. The topological polar surface area (TPSA) is 266 Å². The first-order chi connectivity index (χ1) is 45.1. The van der Waals surface area contributed by atoms with Gasteiger partial charge in [0.25, 0.3) is 23.6 Å². The molecular weight excluding hydrogens is 1230 g/mol. The van der Waals surface area contributed by atoms with Crippen molar-refractivity contribution in [1.82, 2.24) is 29.6 Å². The highest BCUT2D eigenvalue weighted by molar-refractivity contribution is 6.01. The molecule has 2 fully saturated rings. The van der Waals surface area contributed by atoms with Crippen LogP contribution in [0.3, 0.4) is 0 Å². The summed E-state index contributed by atoms with van der Waals surface area (Å²) in [4.78, 5) is 123. The summed E-state index contributed by atoms with van der Waals surface area (Å²) >= 11 is 0. The summed E-state index contributed by atoms with van der Waals surface area (Å²) in [5.74, 6) is -7.51. The first-order valence-electron chi connectivity index (χ1n) is 32.3. The molecule has 0 saturated carbocycles. The van der Waals surface area contributed by atoms with E-state index in [9.17, 15) is 55.9 Å². The normalized spacial score (nSPS) is 21.5. The fourth-order valence-electron chi connectivity index (χ4n) is 13.0. The standard InChI is InChI=1S/C34H42F2N4O8.C33H40F2N4O7.2H2/c1-4-5-6-7-8-9-10-28(41)46-20-47-31-29-33(44)39-19-26(34(14-13-21(39)2)16-27(45-3)38-48-34)40(29)18-24(30(31)42)32(43)37-17-22-11-12-23(35)15-25(22)36;1-4-5-6-7-8-9-27(40)44-19-45-30-28-32(43)38-18-26(33(13-12-21(38)3)15-20(2)37-46-33)39(28)17-24(29(30)41)31(42)36-16-22-10-11-23(34)14-25(22)35;;/h11-12,15,18,21,26H,4-10,13-14,16-17,19-20H2,1-3H3,(H,37,43);10-11,14,17,21,26H,4-9,12-13,15-16,18-19H2,1-3H3,(H,36,42);2*1H/t21-,26+,34-;21-,26+,33-;;/m00../s1. The quantitative estimate of drug-likeness (QED) is 0.0270. The van der Waals surface area contributed by atoms with Crippen LogP contribution in [0.2, 0.25) is 0 Å². The van der Waals surface area contributed by atoms with Gasteiger partial charge in [0.2, 0.25) is 41.8 Å².